The van der Waals surface area contributed by atoms with Gasteiger partial charge in [0.1, 0.15) is 0 Å². The molecule has 1 saturated carbocycles. The minimum atomic E-state index is -2.94. The van der Waals surface area contributed by atoms with Crippen LogP contribution in [0.3, 0.4) is 0 Å². The van der Waals surface area contributed by atoms with E-state index in [1.54, 1.807) is 0 Å². The van der Waals surface area contributed by atoms with Crippen LogP contribution in [0.5, 0.6) is 0 Å². The number of benzene rings is 1. The van der Waals surface area contributed by atoms with E-state index in [-0.39, 0.29) is 23.4 Å². The van der Waals surface area contributed by atoms with E-state index in [4.69, 9.17) is 0 Å². The first-order valence-corrected chi connectivity index (χ1v) is 10.4. The molecule has 0 spiro atoms. The van der Waals surface area contributed by atoms with E-state index in [2.05, 4.69) is 4.72 Å². The summed E-state index contributed by atoms with van der Waals surface area (Å²) in [6.45, 7) is 9.38. The molecule has 6 nitrogen and oxygen atoms in total. The molecule has 2 aliphatic rings. The summed E-state index contributed by atoms with van der Waals surface area (Å²) in [5.74, 6) is 0. The van der Waals surface area contributed by atoms with E-state index >= 15 is 0 Å². The van der Waals surface area contributed by atoms with Gasteiger partial charge in [0.15, 0.2) is 0 Å². The molecular formula is C18H29N3O3S. The zero-order valence-electron chi connectivity index (χ0n) is 15.5. The second kappa shape index (κ2) is 8.19. The Balaban J connectivity index is 0.000000196. The molecule has 0 unspecified atom stereocenters. The number of amides is 2. The Morgan fingerprint density at radius 1 is 1.04 bits per heavy atom. The molecule has 140 valence electrons. The number of nitrogens with zero attached hydrogens (tertiary/aromatic N) is 2. The molecule has 1 aromatic carbocycles. The van der Waals surface area contributed by atoms with E-state index in [9.17, 15) is 13.2 Å². The Kier molecular flexibility index (Phi) is 6.46. The highest BCUT2D eigenvalue weighted by atomic mass is 32.2. The van der Waals surface area contributed by atoms with Crippen molar-refractivity contribution < 1.29 is 13.2 Å². The second-order valence-electron chi connectivity index (χ2n) is 7.07. The lowest BCUT2D eigenvalue weighted by Crippen LogP contribution is -2.36. The second-order valence-corrected chi connectivity index (χ2v) is 9.07. The molecule has 1 heterocycles. The third kappa shape index (κ3) is 5.44. The lowest BCUT2D eigenvalue weighted by Gasteiger charge is -2.21. The Hall–Kier alpha value is -1.60. The molecule has 1 aliphatic carbocycles. The number of hydrogen-bond donors (Lipinski definition) is 1. The van der Waals surface area contributed by atoms with Gasteiger partial charge in [0.25, 0.3) is 0 Å². The fraction of sp³-hybridized carbons (Fsp3) is 0.611. The van der Waals surface area contributed by atoms with Gasteiger partial charge in [-0.25, -0.2) is 17.9 Å². The van der Waals surface area contributed by atoms with Crippen LogP contribution in [0, 0.1) is 0 Å². The van der Waals surface area contributed by atoms with Gasteiger partial charge in [-0.05, 0) is 52.7 Å². The summed E-state index contributed by atoms with van der Waals surface area (Å²) in [5.41, 5.74) is 0.991. The van der Waals surface area contributed by atoms with Crippen molar-refractivity contribution in [2.24, 2.45) is 0 Å². The lowest BCUT2D eigenvalue weighted by atomic mass is 10.3. The third-order valence-corrected chi connectivity index (χ3v) is 6.24. The molecule has 1 aromatic rings. The molecular weight excluding hydrogens is 338 g/mol. The van der Waals surface area contributed by atoms with Crippen LogP contribution in [-0.2, 0) is 10.0 Å². The molecule has 0 radical (unpaired) electrons. The minimum absolute atomic E-state index is 0.0330. The SMILES string of the molecule is CC(C)N1CCN(c2ccccc2)C1=O.CC(C)NS(=O)(=O)C1CC1. The van der Waals surface area contributed by atoms with Crippen LogP contribution in [0.15, 0.2) is 30.3 Å². The maximum atomic E-state index is 12.0. The van der Waals surface area contributed by atoms with Crippen molar-refractivity contribution >= 4 is 21.7 Å². The van der Waals surface area contributed by atoms with E-state index in [1.165, 1.54) is 0 Å². The van der Waals surface area contributed by atoms with Crippen molar-refractivity contribution in [1.82, 2.24) is 9.62 Å². The number of para-hydroxylation sites is 1. The highest BCUT2D eigenvalue weighted by Crippen LogP contribution is 2.27. The van der Waals surface area contributed by atoms with Gasteiger partial charge in [-0.3, -0.25) is 4.90 Å². The van der Waals surface area contributed by atoms with Gasteiger partial charge in [0, 0.05) is 30.9 Å². The Morgan fingerprint density at radius 3 is 2.08 bits per heavy atom. The largest absolute Gasteiger partial charge is 0.324 e. The fourth-order valence-corrected chi connectivity index (χ4v) is 4.29. The van der Waals surface area contributed by atoms with Gasteiger partial charge in [-0.15, -0.1) is 0 Å². The standard InChI is InChI=1S/C12H16N2O.C6H13NO2S/c1-10(2)13-8-9-14(12(13)15)11-6-4-3-5-7-11;1-5(2)7-10(8,9)6-3-4-6/h3-7,10H,8-9H2,1-2H3;5-7H,3-4H2,1-2H3. The monoisotopic (exact) mass is 367 g/mol. The number of nitrogens with one attached hydrogen (secondary N) is 1. The van der Waals surface area contributed by atoms with Crippen LogP contribution < -0.4 is 9.62 Å². The van der Waals surface area contributed by atoms with Gasteiger partial charge in [0.2, 0.25) is 10.0 Å². The molecule has 2 fully saturated rings. The summed E-state index contributed by atoms with van der Waals surface area (Å²) < 4.78 is 24.7. The third-order valence-electron chi connectivity index (χ3n) is 4.10. The van der Waals surface area contributed by atoms with Crippen LogP contribution in [0.2, 0.25) is 0 Å². The van der Waals surface area contributed by atoms with Gasteiger partial charge >= 0.3 is 6.03 Å². The van der Waals surface area contributed by atoms with Gasteiger partial charge in [0.05, 0.1) is 5.25 Å². The van der Waals surface area contributed by atoms with Crippen LogP contribution >= 0.6 is 0 Å². The number of carbonyl (C=O) groups excluding carboxylic acids is 1. The summed E-state index contributed by atoms with van der Waals surface area (Å²) >= 11 is 0. The molecule has 3 rings (SSSR count). The molecule has 7 heteroatoms. The van der Waals surface area contributed by atoms with E-state index in [0.717, 1.165) is 31.6 Å². The van der Waals surface area contributed by atoms with Crippen molar-refractivity contribution in [3.63, 3.8) is 0 Å². The molecule has 1 N–H and O–H groups in total. The smallest absolute Gasteiger partial charge is 0.320 e. The zero-order chi connectivity index (χ0) is 18.6. The number of sulfonamides is 1. The molecule has 0 aromatic heterocycles. The number of carbonyl (C=O) groups is 1. The quantitative estimate of drug-likeness (QED) is 0.870. The number of hydrogen-bond acceptors (Lipinski definition) is 3. The van der Waals surface area contributed by atoms with Crippen molar-refractivity contribution in [2.75, 3.05) is 18.0 Å². The first-order valence-electron chi connectivity index (χ1n) is 8.86. The lowest BCUT2D eigenvalue weighted by molar-refractivity contribution is 0.209. The summed E-state index contributed by atoms with van der Waals surface area (Å²) in [4.78, 5) is 15.7. The van der Waals surface area contributed by atoms with Crippen LogP contribution in [-0.4, -0.2) is 49.8 Å². The van der Waals surface area contributed by atoms with Crippen LogP contribution in [0.1, 0.15) is 40.5 Å². The maximum Gasteiger partial charge on any atom is 0.324 e. The molecule has 1 aliphatic heterocycles. The predicted molar refractivity (Wildman–Crippen MR) is 101 cm³/mol. The molecule has 0 bridgehead atoms. The van der Waals surface area contributed by atoms with Crippen molar-refractivity contribution in [2.45, 2.75) is 57.9 Å². The van der Waals surface area contributed by atoms with Crippen molar-refractivity contribution in [1.29, 1.82) is 0 Å². The molecule has 25 heavy (non-hydrogen) atoms. The average molecular weight is 368 g/mol. The van der Waals surface area contributed by atoms with Gasteiger partial charge < -0.3 is 4.90 Å². The highest BCUT2D eigenvalue weighted by molar-refractivity contribution is 7.90. The number of rotatable bonds is 5. The van der Waals surface area contributed by atoms with Crippen molar-refractivity contribution in [3.8, 4) is 0 Å². The zero-order valence-corrected chi connectivity index (χ0v) is 16.3. The average Bonchev–Trinajstić information content (AvgIpc) is 3.31. The maximum absolute atomic E-state index is 12.0. The summed E-state index contributed by atoms with van der Waals surface area (Å²) in [6, 6.07) is 10.3. The highest BCUT2D eigenvalue weighted by Gasteiger charge is 2.35. The molecule has 2 amide bonds. The first-order chi connectivity index (χ1) is 11.7. The molecule has 0 atom stereocenters. The molecule has 1 saturated heterocycles. The van der Waals surface area contributed by atoms with Crippen LogP contribution in [0.25, 0.3) is 0 Å². The topological polar surface area (TPSA) is 69.7 Å². The fourth-order valence-electron chi connectivity index (χ4n) is 2.68. The number of anilines is 1. The Morgan fingerprint density at radius 2 is 1.64 bits per heavy atom. The summed E-state index contributed by atoms with van der Waals surface area (Å²) in [6.07, 6.45) is 1.67. The van der Waals surface area contributed by atoms with E-state index < -0.39 is 10.0 Å². The Labute approximate surface area is 151 Å². The number of urea groups is 1. The summed E-state index contributed by atoms with van der Waals surface area (Å²) in [5, 5.41) is -0.0881. The van der Waals surface area contributed by atoms with E-state index in [1.807, 2.05) is 67.8 Å². The Bertz CT molecular complexity index is 670. The minimum Gasteiger partial charge on any atom is -0.320 e. The van der Waals surface area contributed by atoms with E-state index in [0.29, 0.717) is 0 Å². The van der Waals surface area contributed by atoms with Crippen LogP contribution in [0.4, 0.5) is 10.5 Å². The normalized spacial score (nSPS) is 17.9. The van der Waals surface area contributed by atoms with Crippen molar-refractivity contribution in [3.05, 3.63) is 30.3 Å². The predicted octanol–water partition coefficient (Wildman–Crippen LogP) is 2.81. The van der Waals surface area contributed by atoms with Gasteiger partial charge in [-0.2, -0.15) is 0 Å². The first kappa shape index (κ1) is 19.7. The van der Waals surface area contributed by atoms with Gasteiger partial charge in [-0.1, -0.05) is 18.2 Å². The summed E-state index contributed by atoms with van der Waals surface area (Å²) in [7, 11) is -2.94.